The Morgan fingerprint density at radius 1 is 1.31 bits per heavy atom. The van der Waals surface area contributed by atoms with Crippen molar-refractivity contribution in [1.29, 1.82) is 0 Å². The largest absolute Gasteiger partial charge is 0.396 e. The van der Waals surface area contributed by atoms with Gasteiger partial charge in [0.15, 0.2) is 0 Å². The van der Waals surface area contributed by atoms with Crippen molar-refractivity contribution in [3.8, 4) is 0 Å². The number of rotatable bonds is 1. The van der Waals surface area contributed by atoms with Crippen molar-refractivity contribution in [2.75, 3.05) is 5.73 Å². The molecule has 3 N–H and O–H groups in total. The van der Waals surface area contributed by atoms with E-state index in [2.05, 4.69) is 0 Å². The van der Waals surface area contributed by atoms with Gasteiger partial charge >= 0.3 is 0 Å². The zero-order valence-electron chi connectivity index (χ0n) is 6.16. The summed E-state index contributed by atoms with van der Waals surface area (Å²) in [6.07, 6.45) is 0. The Bertz CT molecular complexity index is 443. The van der Waals surface area contributed by atoms with E-state index in [1.54, 1.807) is 0 Å². The van der Waals surface area contributed by atoms with Crippen LogP contribution >= 0.6 is 23.2 Å². The van der Waals surface area contributed by atoms with Gasteiger partial charge in [-0.1, -0.05) is 23.2 Å². The molecule has 0 aliphatic carbocycles. The molecule has 0 bridgehead atoms. The van der Waals surface area contributed by atoms with E-state index < -0.39 is 15.0 Å². The van der Waals surface area contributed by atoms with Crippen LogP contribution in [-0.2, 0) is 10.1 Å². The fraction of sp³-hybridized carbons (Fsp3) is 0. The standard InChI is InChI=1S/C6H5Cl2NO3S/c7-3-1-2-4(13(10,11)12)6(9)5(3)8/h1-2H,9H2,(H,10,11,12). The van der Waals surface area contributed by atoms with Crippen LogP contribution in [0.5, 0.6) is 0 Å². The van der Waals surface area contributed by atoms with Crippen LogP contribution in [0.2, 0.25) is 10.0 Å². The third-order valence-corrected chi connectivity index (χ3v) is 3.10. The van der Waals surface area contributed by atoms with E-state index in [4.69, 9.17) is 33.5 Å². The maximum atomic E-state index is 10.7. The molecule has 0 heterocycles. The summed E-state index contributed by atoms with van der Waals surface area (Å²) in [7, 11) is -4.34. The average molecular weight is 242 g/mol. The molecule has 4 nitrogen and oxygen atoms in total. The number of hydrogen-bond donors (Lipinski definition) is 2. The van der Waals surface area contributed by atoms with E-state index >= 15 is 0 Å². The van der Waals surface area contributed by atoms with Gasteiger partial charge < -0.3 is 5.73 Å². The first-order valence-electron chi connectivity index (χ1n) is 3.05. The van der Waals surface area contributed by atoms with Gasteiger partial charge in [0, 0.05) is 0 Å². The molecule has 72 valence electrons. The highest BCUT2D eigenvalue weighted by Crippen LogP contribution is 2.32. The number of anilines is 1. The highest BCUT2D eigenvalue weighted by molar-refractivity contribution is 7.86. The lowest BCUT2D eigenvalue weighted by Crippen LogP contribution is -2.03. The first kappa shape index (κ1) is 10.6. The fourth-order valence-electron chi connectivity index (χ4n) is 0.774. The summed E-state index contributed by atoms with van der Waals surface area (Å²) in [5, 5.41) is 0.0448. The molecule has 0 saturated heterocycles. The summed E-state index contributed by atoms with van der Waals surface area (Å²) in [4.78, 5) is -0.443. The Kier molecular flexibility index (Phi) is 2.72. The Morgan fingerprint density at radius 2 is 1.85 bits per heavy atom. The quantitative estimate of drug-likeness (QED) is 0.581. The first-order valence-corrected chi connectivity index (χ1v) is 5.24. The Labute approximate surface area is 85.0 Å². The van der Waals surface area contributed by atoms with Gasteiger partial charge in [-0.05, 0) is 12.1 Å². The molecule has 7 heteroatoms. The average Bonchev–Trinajstić information content (AvgIpc) is 1.98. The molecule has 0 saturated carbocycles. The van der Waals surface area contributed by atoms with E-state index in [0.29, 0.717) is 0 Å². The predicted octanol–water partition coefficient (Wildman–Crippen LogP) is 1.82. The van der Waals surface area contributed by atoms with Gasteiger partial charge in [0.2, 0.25) is 0 Å². The molecule has 0 radical (unpaired) electrons. The Hall–Kier alpha value is -0.490. The number of hydrogen-bond acceptors (Lipinski definition) is 3. The molecular weight excluding hydrogens is 237 g/mol. The Morgan fingerprint density at radius 3 is 2.31 bits per heavy atom. The SMILES string of the molecule is Nc1c(S(=O)(=O)O)ccc(Cl)c1Cl. The van der Waals surface area contributed by atoms with E-state index in [-0.39, 0.29) is 15.7 Å². The van der Waals surface area contributed by atoms with Gasteiger partial charge in [-0.2, -0.15) is 8.42 Å². The van der Waals surface area contributed by atoms with Gasteiger partial charge in [0.1, 0.15) is 4.90 Å². The molecule has 0 atom stereocenters. The van der Waals surface area contributed by atoms with Crippen LogP contribution in [0.4, 0.5) is 5.69 Å². The van der Waals surface area contributed by atoms with Gasteiger partial charge in [-0.3, -0.25) is 4.55 Å². The van der Waals surface area contributed by atoms with Crippen LogP contribution in [0.3, 0.4) is 0 Å². The summed E-state index contributed by atoms with van der Waals surface area (Å²) in [5.74, 6) is 0. The van der Waals surface area contributed by atoms with Crippen molar-refractivity contribution in [3.05, 3.63) is 22.2 Å². The second kappa shape index (κ2) is 3.34. The molecule has 0 aliphatic heterocycles. The van der Waals surface area contributed by atoms with Crippen LogP contribution in [0, 0.1) is 0 Å². The monoisotopic (exact) mass is 241 g/mol. The lowest BCUT2D eigenvalue weighted by molar-refractivity contribution is 0.483. The van der Waals surface area contributed by atoms with Crippen molar-refractivity contribution in [2.45, 2.75) is 4.90 Å². The number of nitrogens with two attached hydrogens (primary N) is 1. The summed E-state index contributed by atoms with van der Waals surface area (Å²) in [6.45, 7) is 0. The molecule has 0 unspecified atom stereocenters. The zero-order chi connectivity index (χ0) is 10.2. The van der Waals surface area contributed by atoms with Crippen LogP contribution in [0.1, 0.15) is 0 Å². The summed E-state index contributed by atoms with van der Waals surface area (Å²) >= 11 is 11.1. The highest BCUT2D eigenvalue weighted by atomic mass is 35.5. The van der Waals surface area contributed by atoms with Crippen molar-refractivity contribution >= 4 is 39.0 Å². The molecule has 0 spiro atoms. The molecule has 0 aromatic heterocycles. The number of nitrogen functional groups attached to an aromatic ring is 1. The Balaban J connectivity index is 3.53. The maximum absolute atomic E-state index is 10.7. The second-order valence-electron chi connectivity index (χ2n) is 2.25. The zero-order valence-corrected chi connectivity index (χ0v) is 8.49. The van der Waals surface area contributed by atoms with Crippen molar-refractivity contribution in [3.63, 3.8) is 0 Å². The minimum absolute atomic E-state index is 0.0863. The van der Waals surface area contributed by atoms with Crippen LogP contribution in [0.15, 0.2) is 17.0 Å². The number of halogens is 2. The van der Waals surface area contributed by atoms with Gasteiger partial charge in [-0.15, -0.1) is 0 Å². The van der Waals surface area contributed by atoms with Gasteiger partial charge in [0.05, 0.1) is 15.7 Å². The van der Waals surface area contributed by atoms with Crippen LogP contribution < -0.4 is 5.73 Å². The summed E-state index contributed by atoms with van der Waals surface area (Å²) in [6, 6.07) is 2.32. The first-order chi connectivity index (χ1) is 5.84. The topological polar surface area (TPSA) is 80.4 Å². The lowest BCUT2D eigenvalue weighted by Gasteiger charge is -2.04. The molecule has 1 aromatic rings. The van der Waals surface area contributed by atoms with E-state index in [1.165, 1.54) is 6.07 Å². The minimum atomic E-state index is -4.34. The molecule has 0 fully saturated rings. The van der Waals surface area contributed by atoms with Gasteiger partial charge in [0.25, 0.3) is 10.1 Å². The van der Waals surface area contributed by atoms with Crippen molar-refractivity contribution in [2.24, 2.45) is 0 Å². The van der Waals surface area contributed by atoms with Crippen molar-refractivity contribution in [1.82, 2.24) is 0 Å². The third-order valence-electron chi connectivity index (χ3n) is 1.37. The fourth-order valence-corrected chi connectivity index (χ4v) is 1.78. The normalized spacial score (nSPS) is 11.6. The molecule has 1 aromatic carbocycles. The van der Waals surface area contributed by atoms with Crippen LogP contribution in [-0.4, -0.2) is 13.0 Å². The lowest BCUT2D eigenvalue weighted by atomic mass is 10.3. The highest BCUT2D eigenvalue weighted by Gasteiger charge is 2.17. The van der Waals surface area contributed by atoms with Crippen LogP contribution in [0.25, 0.3) is 0 Å². The van der Waals surface area contributed by atoms with E-state index in [9.17, 15) is 8.42 Å². The smallest absolute Gasteiger partial charge is 0.296 e. The molecular formula is C6H5Cl2NO3S. The third kappa shape index (κ3) is 2.05. The van der Waals surface area contributed by atoms with Gasteiger partial charge in [-0.25, -0.2) is 0 Å². The molecule has 0 amide bonds. The minimum Gasteiger partial charge on any atom is -0.396 e. The molecule has 0 aliphatic rings. The van der Waals surface area contributed by atoms with Crippen molar-refractivity contribution < 1.29 is 13.0 Å². The van der Waals surface area contributed by atoms with E-state index in [0.717, 1.165) is 6.07 Å². The predicted molar refractivity (Wildman–Crippen MR) is 50.7 cm³/mol. The maximum Gasteiger partial charge on any atom is 0.296 e. The summed E-state index contributed by atoms with van der Waals surface area (Å²) < 4.78 is 30.1. The molecule has 1 rings (SSSR count). The van der Waals surface area contributed by atoms with E-state index in [1.807, 2.05) is 0 Å². The summed E-state index contributed by atoms with van der Waals surface area (Å²) in [5.41, 5.74) is 5.06. The molecule has 13 heavy (non-hydrogen) atoms. The second-order valence-corrected chi connectivity index (χ2v) is 4.42. The number of benzene rings is 1.